The van der Waals surface area contributed by atoms with E-state index in [-0.39, 0.29) is 17.6 Å². The topological polar surface area (TPSA) is 84.0 Å². The Kier molecular flexibility index (Phi) is 5.83. The smallest absolute Gasteiger partial charge is 0.226 e. The molecule has 1 aliphatic heterocycles. The lowest BCUT2D eigenvalue weighted by Gasteiger charge is -2.33. The Morgan fingerprint density at radius 1 is 1.12 bits per heavy atom. The van der Waals surface area contributed by atoms with Gasteiger partial charge in [-0.2, -0.15) is 0 Å². The SMILES string of the molecule is CCS(=O)(=O)N1CCC(C(=O)N(Cc2ccco2)Cc2ccco2)CC1. The van der Waals surface area contributed by atoms with Crippen LogP contribution in [0, 0.1) is 5.92 Å². The summed E-state index contributed by atoms with van der Waals surface area (Å²) in [5, 5.41) is 0. The first-order valence-electron chi connectivity index (χ1n) is 8.81. The molecule has 3 heterocycles. The number of carbonyl (C=O) groups excluding carboxylic acids is 1. The first kappa shape index (κ1) is 18.7. The summed E-state index contributed by atoms with van der Waals surface area (Å²) in [5.74, 6) is 1.32. The molecule has 3 rings (SSSR count). The average molecular weight is 380 g/mol. The zero-order valence-electron chi connectivity index (χ0n) is 14.8. The third kappa shape index (κ3) is 4.37. The lowest BCUT2D eigenvalue weighted by Crippen LogP contribution is -2.44. The number of piperidine rings is 1. The van der Waals surface area contributed by atoms with Gasteiger partial charge in [-0.3, -0.25) is 4.79 Å². The molecule has 0 bridgehead atoms. The van der Waals surface area contributed by atoms with Crippen molar-refractivity contribution in [1.82, 2.24) is 9.21 Å². The normalized spacial score (nSPS) is 16.7. The lowest BCUT2D eigenvalue weighted by atomic mass is 9.96. The van der Waals surface area contributed by atoms with E-state index in [4.69, 9.17) is 8.83 Å². The molecule has 1 fully saturated rings. The van der Waals surface area contributed by atoms with E-state index in [1.165, 1.54) is 4.31 Å². The van der Waals surface area contributed by atoms with Crippen LogP contribution in [-0.2, 0) is 27.9 Å². The van der Waals surface area contributed by atoms with Gasteiger partial charge in [-0.15, -0.1) is 0 Å². The van der Waals surface area contributed by atoms with Gasteiger partial charge in [0.05, 0.1) is 31.4 Å². The molecule has 8 heteroatoms. The molecule has 0 saturated carbocycles. The van der Waals surface area contributed by atoms with Crippen LogP contribution in [0.15, 0.2) is 45.6 Å². The molecule has 0 atom stereocenters. The zero-order chi connectivity index (χ0) is 18.6. The largest absolute Gasteiger partial charge is 0.467 e. The average Bonchev–Trinajstić information content (AvgIpc) is 3.35. The van der Waals surface area contributed by atoms with Crippen molar-refractivity contribution in [2.24, 2.45) is 5.92 Å². The van der Waals surface area contributed by atoms with Crippen LogP contribution in [0.2, 0.25) is 0 Å². The molecule has 0 unspecified atom stereocenters. The molecule has 1 saturated heterocycles. The Labute approximate surface area is 153 Å². The molecule has 142 valence electrons. The summed E-state index contributed by atoms with van der Waals surface area (Å²) in [6.45, 7) is 3.14. The molecule has 2 aromatic heterocycles. The Hall–Kier alpha value is -2.06. The number of nitrogens with zero attached hydrogens (tertiary/aromatic N) is 2. The van der Waals surface area contributed by atoms with Crippen molar-refractivity contribution in [1.29, 1.82) is 0 Å². The summed E-state index contributed by atoms with van der Waals surface area (Å²) in [7, 11) is -3.19. The van der Waals surface area contributed by atoms with Gasteiger partial charge in [-0.05, 0) is 44.0 Å². The van der Waals surface area contributed by atoms with Gasteiger partial charge in [0, 0.05) is 19.0 Å². The first-order chi connectivity index (χ1) is 12.5. The van der Waals surface area contributed by atoms with Gasteiger partial charge in [0.2, 0.25) is 15.9 Å². The van der Waals surface area contributed by atoms with Gasteiger partial charge < -0.3 is 13.7 Å². The molecular formula is C18H24N2O5S. The number of carbonyl (C=O) groups is 1. The number of hydrogen-bond donors (Lipinski definition) is 0. The highest BCUT2D eigenvalue weighted by Crippen LogP contribution is 2.24. The minimum Gasteiger partial charge on any atom is -0.467 e. The van der Waals surface area contributed by atoms with E-state index >= 15 is 0 Å². The van der Waals surface area contributed by atoms with Crippen molar-refractivity contribution in [3.63, 3.8) is 0 Å². The molecule has 0 aromatic carbocycles. The van der Waals surface area contributed by atoms with Gasteiger partial charge in [0.15, 0.2) is 0 Å². The molecule has 1 amide bonds. The van der Waals surface area contributed by atoms with Crippen LogP contribution >= 0.6 is 0 Å². The van der Waals surface area contributed by atoms with Crippen molar-refractivity contribution >= 4 is 15.9 Å². The summed E-state index contributed by atoms with van der Waals surface area (Å²) in [4.78, 5) is 14.8. The molecule has 1 aliphatic rings. The minimum absolute atomic E-state index is 0.00588. The summed E-state index contributed by atoms with van der Waals surface area (Å²) in [6, 6.07) is 7.25. The first-order valence-corrected chi connectivity index (χ1v) is 10.4. The van der Waals surface area contributed by atoms with Gasteiger partial charge in [-0.1, -0.05) is 0 Å². The fourth-order valence-corrected chi connectivity index (χ4v) is 4.35. The van der Waals surface area contributed by atoms with Crippen LogP contribution in [0.1, 0.15) is 31.3 Å². The van der Waals surface area contributed by atoms with E-state index in [1.807, 2.05) is 12.1 Å². The highest BCUT2D eigenvalue weighted by Gasteiger charge is 2.32. The molecule has 7 nitrogen and oxygen atoms in total. The Morgan fingerprint density at radius 3 is 2.08 bits per heavy atom. The van der Waals surface area contributed by atoms with E-state index in [1.54, 1.807) is 36.5 Å². The maximum absolute atomic E-state index is 13.1. The van der Waals surface area contributed by atoms with Crippen molar-refractivity contribution in [3.05, 3.63) is 48.3 Å². The second-order valence-electron chi connectivity index (χ2n) is 6.43. The fourth-order valence-electron chi connectivity index (χ4n) is 3.21. The number of rotatable bonds is 7. The summed E-state index contributed by atoms with van der Waals surface area (Å²) < 4.78 is 36.2. The quantitative estimate of drug-likeness (QED) is 0.737. The van der Waals surface area contributed by atoms with Crippen LogP contribution in [0.25, 0.3) is 0 Å². The molecule has 0 spiro atoms. The van der Waals surface area contributed by atoms with Crippen molar-refractivity contribution in [2.45, 2.75) is 32.9 Å². The number of amides is 1. The lowest BCUT2D eigenvalue weighted by molar-refractivity contribution is -0.138. The van der Waals surface area contributed by atoms with Crippen LogP contribution in [0.3, 0.4) is 0 Å². The maximum Gasteiger partial charge on any atom is 0.226 e. The zero-order valence-corrected chi connectivity index (χ0v) is 15.7. The second kappa shape index (κ2) is 8.09. The Bertz CT molecular complexity index is 755. The predicted octanol–water partition coefficient (Wildman–Crippen LogP) is 2.46. The highest BCUT2D eigenvalue weighted by atomic mass is 32.2. The molecule has 0 radical (unpaired) electrons. The summed E-state index contributed by atoms with van der Waals surface area (Å²) >= 11 is 0. The van der Waals surface area contributed by atoms with Crippen LogP contribution in [0.5, 0.6) is 0 Å². The van der Waals surface area contributed by atoms with E-state index in [0.29, 0.717) is 50.5 Å². The Morgan fingerprint density at radius 2 is 1.65 bits per heavy atom. The van der Waals surface area contributed by atoms with Crippen LogP contribution in [-0.4, -0.2) is 42.4 Å². The molecule has 0 N–H and O–H groups in total. The third-order valence-electron chi connectivity index (χ3n) is 4.73. The number of sulfonamides is 1. The minimum atomic E-state index is -3.19. The monoisotopic (exact) mass is 380 g/mol. The van der Waals surface area contributed by atoms with E-state index < -0.39 is 10.0 Å². The maximum atomic E-state index is 13.1. The van der Waals surface area contributed by atoms with Gasteiger partial charge in [0.1, 0.15) is 11.5 Å². The van der Waals surface area contributed by atoms with Crippen LogP contribution in [0.4, 0.5) is 0 Å². The molecule has 26 heavy (non-hydrogen) atoms. The van der Waals surface area contributed by atoms with Gasteiger partial charge >= 0.3 is 0 Å². The highest BCUT2D eigenvalue weighted by molar-refractivity contribution is 7.89. The predicted molar refractivity (Wildman–Crippen MR) is 95.4 cm³/mol. The van der Waals surface area contributed by atoms with Crippen molar-refractivity contribution in [2.75, 3.05) is 18.8 Å². The van der Waals surface area contributed by atoms with Crippen molar-refractivity contribution in [3.8, 4) is 0 Å². The van der Waals surface area contributed by atoms with Gasteiger partial charge in [0.25, 0.3) is 0 Å². The molecule has 0 aliphatic carbocycles. The molecular weight excluding hydrogens is 356 g/mol. The second-order valence-corrected chi connectivity index (χ2v) is 8.68. The summed E-state index contributed by atoms with van der Waals surface area (Å²) in [6.07, 6.45) is 4.23. The van der Waals surface area contributed by atoms with E-state index in [0.717, 1.165) is 0 Å². The Balaban J connectivity index is 1.67. The summed E-state index contributed by atoms with van der Waals surface area (Å²) in [5.41, 5.74) is 0. The number of furan rings is 2. The van der Waals surface area contributed by atoms with E-state index in [9.17, 15) is 13.2 Å². The number of hydrogen-bond acceptors (Lipinski definition) is 5. The van der Waals surface area contributed by atoms with Crippen LogP contribution < -0.4 is 0 Å². The van der Waals surface area contributed by atoms with Gasteiger partial charge in [-0.25, -0.2) is 12.7 Å². The fraction of sp³-hybridized carbons (Fsp3) is 0.500. The molecule has 2 aromatic rings. The van der Waals surface area contributed by atoms with E-state index in [2.05, 4.69) is 0 Å². The standard InChI is InChI=1S/C18H24N2O5S/c1-2-26(22,23)20-9-7-15(8-10-20)18(21)19(13-16-5-3-11-24-16)14-17-6-4-12-25-17/h3-6,11-12,15H,2,7-10,13-14H2,1H3. The third-order valence-corrected chi connectivity index (χ3v) is 6.61. The van der Waals surface area contributed by atoms with Crippen molar-refractivity contribution < 1.29 is 22.0 Å².